The van der Waals surface area contributed by atoms with E-state index in [2.05, 4.69) is 26.2 Å². The second-order valence-electron chi connectivity index (χ2n) is 4.81. The molecule has 2 rings (SSSR count). The summed E-state index contributed by atoms with van der Waals surface area (Å²) in [6.07, 6.45) is 1.65. The van der Waals surface area contributed by atoms with Crippen molar-refractivity contribution in [1.29, 1.82) is 0 Å². The maximum absolute atomic E-state index is 12.3. The Morgan fingerprint density at radius 3 is 3.00 bits per heavy atom. The van der Waals surface area contributed by atoms with E-state index in [1.54, 1.807) is 6.20 Å². The zero-order valence-electron chi connectivity index (χ0n) is 10.4. The first kappa shape index (κ1) is 13.5. The van der Waals surface area contributed by atoms with Crippen molar-refractivity contribution in [2.45, 2.75) is 19.9 Å². The van der Waals surface area contributed by atoms with Gasteiger partial charge in [-0.25, -0.2) is 4.98 Å². The number of amides is 1. The SMILES string of the molecule is Cc1cc(Br)cnc1NC(=O)C1(C)COCC1N. The van der Waals surface area contributed by atoms with E-state index >= 15 is 0 Å². The van der Waals surface area contributed by atoms with E-state index in [0.717, 1.165) is 10.0 Å². The Kier molecular flexibility index (Phi) is 3.70. The van der Waals surface area contributed by atoms with Gasteiger partial charge in [0.15, 0.2) is 0 Å². The number of rotatable bonds is 2. The standard InChI is InChI=1S/C12H16BrN3O2/c1-7-3-8(13)4-15-10(7)16-11(17)12(2)6-18-5-9(12)14/h3-4,9H,5-6,14H2,1-2H3,(H,15,16,17). The number of anilines is 1. The third-order valence-electron chi connectivity index (χ3n) is 3.31. The fourth-order valence-corrected chi connectivity index (χ4v) is 2.29. The molecule has 3 N–H and O–H groups in total. The van der Waals surface area contributed by atoms with Crippen LogP contribution >= 0.6 is 15.9 Å². The molecule has 0 aromatic carbocycles. The summed E-state index contributed by atoms with van der Waals surface area (Å²) in [5, 5.41) is 2.82. The Balaban J connectivity index is 2.16. The maximum atomic E-state index is 12.3. The number of hydrogen-bond donors (Lipinski definition) is 2. The number of aromatic nitrogens is 1. The van der Waals surface area contributed by atoms with E-state index in [4.69, 9.17) is 10.5 Å². The van der Waals surface area contributed by atoms with Gasteiger partial charge in [0, 0.05) is 16.7 Å². The Labute approximate surface area is 114 Å². The van der Waals surface area contributed by atoms with Gasteiger partial charge in [-0.15, -0.1) is 0 Å². The molecule has 1 aromatic heterocycles. The summed E-state index contributed by atoms with van der Waals surface area (Å²) in [4.78, 5) is 16.4. The zero-order valence-corrected chi connectivity index (χ0v) is 12.0. The largest absolute Gasteiger partial charge is 0.379 e. The van der Waals surface area contributed by atoms with Crippen LogP contribution in [0.3, 0.4) is 0 Å². The minimum atomic E-state index is -0.693. The lowest BCUT2D eigenvalue weighted by Gasteiger charge is -2.25. The highest BCUT2D eigenvalue weighted by molar-refractivity contribution is 9.10. The average molecular weight is 314 g/mol. The molecule has 1 aliphatic heterocycles. The number of carbonyl (C=O) groups excluding carboxylic acids is 1. The summed E-state index contributed by atoms with van der Waals surface area (Å²) in [6, 6.07) is 1.61. The molecule has 0 bridgehead atoms. The Bertz CT molecular complexity index is 480. The first-order chi connectivity index (χ1) is 8.43. The summed E-state index contributed by atoms with van der Waals surface area (Å²) in [7, 11) is 0. The van der Waals surface area contributed by atoms with Crippen LogP contribution in [-0.2, 0) is 9.53 Å². The minimum absolute atomic E-state index is 0.148. The summed E-state index contributed by atoms with van der Waals surface area (Å²) in [6.45, 7) is 4.46. The second-order valence-corrected chi connectivity index (χ2v) is 5.73. The highest BCUT2D eigenvalue weighted by Gasteiger charge is 2.44. The van der Waals surface area contributed by atoms with Crippen LogP contribution in [0.15, 0.2) is 16.7 Å². The number of nitrogens with one attached hydrogen (secondary N) is 1. The van der Waals surface area contributed by atoms with Crippen molar-refractivity contribution in [2.24, 2.45) is 11.1 Å². The van der Waals surface area contributed by atoms with Crippen molar-refractivity contribution in [1.82, 2.24) is 4.98 Å². The van der Waals surface area contributed by atoms with Gasteiger partial charge in [-0.3, -0.25) is 4.79 Å². The van der Waals surface area contributed by atoms with E-state index in [-0.39, 0.29) is 11.9 Å². The molecule has 1 saturated heterocycles. The molecular weight excluding hydrogens is 298 g/mol. The van der Waals surface area contributed by atoms with Gasteiger partial charge in [-0.1, -0.05) is 0 Å². The quantitative estimate of drug-likeness (QED) is 0.866. The Hall–Kier alpha value is -0.980. The van der Waals surface area contributed by atoms with Crippen LogP contribution < -0.4 is 11.1 Å². The van der Waals surface area contributed by atoms with Gasteiger partial charge < -0.3 is 15.8 Å². The van der Waals surface area contributed by atoms with Gasteiger partial charge in [-0.05, 0) is 41.4 Å². The van der Waals surface area contributed by atoms with E-state index in [9.17, 15) is 4.79 Å². The van der Waals surface area contributed by atoms with Gasteiger partial charge in [0.2, 0.25) is 5.91 Å². The summed E-state index contributed by atoms with van der Waals surface area (Å²) in [5.74, 6) is 0.411. The monoisotopic (exact) mass is 313 g/mol. The number of ether oxygens (including phenoxy) is 1. The van der Waals surface area contributed by atoms with Gasteiger partial charge in [0.1, 0.15) is 5.82 Å². The van der Waals surface area contributed by atoms with Gasteiger partial charge in [0.05, 0.1) is 18.6 Å². The highest BCUT2D eigenvalue weighted by Crippen LogP contribution is 2.29. The van der Waals surface area contributed by atoms with Crippen molar-refractivity contribution < 1.29 is 9.53 Å². The molecule has 0 aliphatic carbocycles. The molecule has 2 atom stereocenters. The topological polar surface area (TPSA) is 77.2 Å². The number of nitrogens with two attached hydrogens (primary N) is 1. The van der Waals surface area contributed by atoms with Crippen LogP contribution in [-0.4, -0.2) is 30.1 Å². The number of aryl methyl sites for hydroxylation is 1. The van der Waals surface area contributed by atoms with Crippen LogP contribution in [0.1, 0.15) is 12.5 Å². The molecule has 6 heteroatoms. The molecule has 98 valence electrons. The predicted octanol–water partition coefficient (Wildman–Crippen LogP) is 1.45. The average Bonchev–Trinajstić information content (AvgIpc) is 2.64. The van der Waals surface area contributed by atoms with Crippen LogP contribution in [0.2, 0.25) is 0 Å². The smallest absolute Gasteiger partial charge is 0.235 e. The number of pyridine rings is 1. The van der Waals surface area contributed by atoms with Gasteiger partial charge >= 0.3 is 0 Å². The zero-order chi connectivity index (χ0) is 13.3. The van der Waals surface area contributed by atoms with Crippen molar-refractivity contribution in [3.63, 3.8) is 0 Å². The van der Waals surface area contributed by atoms with Crippen molar-refractivity contribution in [3.05, 3.63) is 22.3 Å². The molecule has 5 nitrogen and oxygen atoms in total. The van der Waals surface area contributed by atoms with Crippen LogP contribution in [0.25, 0.3) is 0 Å². The van der Waals surface area contributed by atoms with Crippen LogP contribution in [0.4, 0.5) is 5.82 Å². The summed E-state index contributed by atoms with van der Waals surface area (Å²) < 4.78 is 6.15. The number of nitrogens with zero attached hydrogens (tertiary/aromatic N) is 1. The van der Waals surface area contributed by atoms with Gasteiger partial charge in [0.25, 0.3) is 0 Å². The van der Waals surface area contributed by atoms with Crippen molar-refractivity contribution in [3.8, 4) is 0 Å². The molecule has 2 heterocycles. The van der Waals surface area contributed by atoms with E-state index in [0.29, 0.717) is 19.0 Å². The third-order valence-corrected chi connectivity index (χ3v) is 3.75. The Morgan fingerprint density at radius 2 is 2.44 bits per heavy atom. The molecule has 1 amide bonds. The molecule has 2 unspecified atom stereocenters. The molecule has 1 aliphatic rings. The molecular formula is C12H16BrN3O2. The van der Waals surface area contributed by atoms with Crippen molar-refractivity contribution >= 4 is 27.7 Å². The Morgan fingerprint density at radius 1 is 1.72 bits per heavy atom. The fourth-order valence-electron chi connectivity index (χ4n) is 1.84. The molecule has 0 radical (unpaired) electrons. The number of carbonyl (C=O) groups is 1. The maximum Gasteiger partial charge on any atom is 0.235 e. The molecule has 0 spiro atoms. The predicted molar refractivity (Wildman–Crippen MR) is 72.2 cm³/mol. The lowest BCUT2D eigenvalue weighted by atomic mass is 9.85. The molecule has 1 fully saturated rings. The van der Waals surface area contributed by atoms with E-state index < -0.39 is 5.41 Å². The number of halogens is 1. The summed E-state index contributed by atoms with van der Waals surface area (Å²) >= 11 is 3.33. The second kappa shape index (κ2) is 4.95. The molecule has 18 heavy (non-hydrogen) atoms. The first-order valence-electron chi connectivity index (χ1n) is 5.70. The van der Waals surface area contributed by atoms with Gasteiger partial charge in [-0.2, -0.15) is 0 Å². The third kappa shape index (κ3) is 2.41. The fraction of sp³-hybridized carbons (Fsp3) is 0.500. The van der Waals surface area contributed by atoms with Crippen LogP contribution in [0.5, 0.6) is 0 Å². The lowest BCUT2D eigenvalue weighted by Crippen LogP contribution is -2.47. The lowest BCUT2D eigenvalue weighted by molar-refractivity contribution is -0.125. The first-order valence-corrected chi connectivity index (χ1v) is 6.50. The van der Waals surface area contributed by atoms with Crippen LogP contribution in [0, 0.1) is 12.3 Å². The molecule has 1 aromatic rings. The van der Waals surface area contributed by atoms with E-state index in [1.807, 2.05) is 19.9 Å². The number of hydrogen-bond acceptors (Lipinski definition) is 4. The highest BCUT2D eigenvalue weighted by atomic mass is 79.9. The normalized spacial score (nSPS) is 27.2. The molecule has 0 saturated carbocycles. The van der Waals surface area contributed by atoms with E-state index in [1.165, 1.54) is 0 Å². The van der Waals surface area contributed by atoms with Crippen molar-refractivity contribution in [2.75, 3.05) is 18.5 Å². The summed E-state index contributed by atoms with van der Waals surface area (Å²) in [5.41, 5.74) is 6.12. The minimum Gasteiger partial charge on any atom is -0.379 e.